The van der Waals surface area contributed by atoms with E-state index in [4.69, 9.17) is 4.43 Å². The van der Waals surface area contributed by atoms with Crippen LogP contribution in [-0.4, -0.2) is 22.2 Å². The van der Waals surface area contributed by atoms with E-state index in [0.29, 0.717) is 17.2 Å². The van der Waals surface area contributed by atoms with Crippen molar-refractivity contribution in [2.45, 2.75) is 96.2 Å². The number of fused-ring (bicyclic) bond motifs is 3. The zero-order valence-electron chi connectivity index (χ0n) is 17.2. The highest BCUT2D eigenvalue weighted by Gasteiger charge is 2.44. The highest BCUT2D eigenvalue weighted by Crippen LogP contribution is 2.47. The molecule has 4 heteroatoms. The molecule has 0 aromatic rings. The quantitative estimate of drug-likeness (QED) is 0.542. The molecule has 24 heavy (non-hydrogen) atoms. The number of rotatable bonds is 3. The third-order valence-corrected chi connectivity index (χ3v) is 13.5. The van der Waals surface area contributed by atoms with Gasteiger partial charge in [-0.15, -0.1) is 0 Å². The van der Waals surface area contributed by atoms with E-state index in [2.05, 4.69) is 59.6 Å². The van der Waals surface area contributed by atoms with Crippen LogP contribution in [0.5, 0.6) is 0 Å². The zero-order chi connectivity index (χ0) is 18.3. The van der Waals surface area contributed by atoms with Gasteiger partial charge in [-0.25, -0.2) is 0 Å². The van der Waals surface area contributed by atoms with Gasteiger partial charge in [0.25, 0.3) is 0 Å². The number of ketones is 1. The van der Waals surface area contributed by atoms with Crippen LogP contribution in [0, 0.1) is 11.8 Å². The van der Waals surface area contributed by atoms with Crippen molar-refractivity contribution in [1.29, 1.82) is 0 Å². The van der Waals surface area contributed by atoms with Gasteiger partial charge < -0.3 is 4.43 Å². The van der Waals surface area contributed by atoms with Gasteiger partial charge in [0.15, 0.2) is 0 Å². The fourth-order valence-corrected chi connectivity index (χ4v) is 7.43. The molecule has 138 valence electrons. The number of carbonyl (C=O) groups excluding carboxylic acids is 1. The molecule has 1 fully saturated rings. The molecule has 0 radical (unpaired) electrons. The molecule has 2 nitrogen and oxygen atoms in total. The van der Waals surface area contributed by atoms with E-state index in [1.807, 2.05) is 0 Å². The second-order valence-corrected chi connectivity index (χ2v) is 20.7. The maximum atomic E-state index is 13.0. The Kier molecular flexibility index (Phi) is 5.61. The van der Waals surface area contributed by atoms with Gasteiger partial charge >= 0.3 is 0 Å². The van der Waals surface area contributed by atoms with Gasteiger partial charge in [0.05, 0.1) is 19.8 Å². The van der Waals surface area contributed by atoms with Gasteiger partial charge in [-0.3, -0.25) is 4.79 Å². The molecule has 0 N–H and O–H groups in total. The molecule has 1 saturated carbocycles. The summed E-state index contributed by atoms with van der Waals surface area (Å²) in [6, 6.07) is 0. The first-order valence-electron chi connectivity index (χ1n) is 9.76. The van der Waals surface area contributed by atoms with Crippen molar-refractivity contribution in [2.75, 3.05) is 0 Å². The summed E-state index contributed by atoms with van der Waals surface area (Å²) in [6.45, 7) is 18.8. The smallest absolute Gasteiger partial charge is 0.250 e. The normalized spacial score (nSPS) is 29.6. The lowest BCUT2D eigenvalue weighted by atomic mass is 9.85. The average Bonchev–Trinajstić information content (AvgIpc) is 2.44. The van der Waals surface area contributed by atoms with E-state index < -0.39 is 16.4 Å². The molecule has 0 saturated heterocycles. The van der Waals surface area contributed by atoms with Crippen LogP contribution in [0.25, 0.3) is 0 Å². The van der Waals surface area contributed by atoms with E-state index in [1.54, 1.807) is 0 Å². The minimum Gasteiger partial charge on any atom is -0.546 e. The Morgan fingerprint density at radius 1 is 1.04 bits per heavy atom. The summed E-state index contributed by atoms with van der Waals surface area (Å²) in [5.41, 5.74) is 0.573. The standard InChI is InChI=1S/C20H38O2Si2/c1-20(2,3)24(7,8)22-18-14-19(23(4,5)6)15-11-9-10-12-16(18)17(21)13-15/h14-16,19H,9-13H2,1-8H3/t15-,16+,19-/m0/s1. The predicted molar refractivity (Wildman–Crippen MR) is 109 cm³/mol. The van der Waals surface area contributed by atoms with Gasteiger partial charge in [-0.2, -0.15) is 0 Å². The summed E-state index contributed by atoms with van der Waals surface area (Å²) >= 11 is 0. The van der Waals surface area contributed by atoms with Gasteiger partial charge in [-0.05, 0) is 48.5 Å². The summed E-state index contributed by atoms with van der Waals surface area (Å²) in [4.78, 5) is 13.0. The van der Waals surface area contributed by atoms with Crippen molar-refractivity contribution < 1.29 is 9.22 Å². The van der Waals surface area contributed by atoms with E-state index in [1.165, 1.54) is 19.3 Å². The Morgan fingerprint density at radius 3 is 2.17 bits per heavy atom. The minimum absolute atomic E-state index is 0.0308. The Balaban J connectivity index is 2.46. The highest BCUT2D eigenvalue weighted by molar-refractivity contribution is 6.78. The van der Waals surface area contributed by atoms with Crippen LogP contribution >= 0.6 is 0 Å². The molecule has 2 aliphatic rings. The van der Waals surface area contributed by atoms with Crippen LogP contribution in [-0.2, 0) is 9.22 Å². The molecule has 0 spiro atoms. The van der Waals surface area contributed by atoms with Crippen LogP contribution in [0.2, 0.25) is 43.3 Å². The van der Waals surface area contributed by atoms with Crippen molar-refractivity contribution in [3.63, 3.8) is 0 Å². The largest absolute Gasteiger partial charge is 0.546 e. The second kappa shape index (κ2) is 6.75. The molecular weight excluding hydrogens is 328 g/mol. The minimum atomic E-state index is -1.91. The highest BCUT2D eigenvalue weighted by atomic mass is 28.4. The molecule has 0 aliphatic heterocycles. The molecule has 2 rings (SSSR count). The Morgan fingerprint density at radius 2 is 1.62 bits per heavy atom. The first kappa shape index (κ1) is 20.0. The van der Waals surface area contributed by atoms with Gasteiger partial charge in [0, 0.05) is 6.42 Å². The summed E-state index contributed by atoms with van der Waals surface area (Å²) in [7, 11) is -3.29. The van der Waals surface area contributed by atoms with Crippen LogP contribution in [0.3, 0.4) is 0 Å². The SMILES string of the molecule is CC(C)(C)[Si](C)(C)OC1=C[C@H]([Si](C)(C)C)[C@H]2CCCC[C@@H]1C(=O)C2. The lowest BCUT2D eigenvalue weighted by Gasteiger charge is -2.39. The number of carbonyl (C=O) groups is 1. The molecule has 0 heterocycles. The monoisotopic (exact) mass is 366 g/mol. The topological polar surface area (TPSA) is 26.3 Å². The van der Waals surface area contributed by atoms with Gasteiger partial charge in [-0.1, -0.05) is 53.3 Å². The third kappa shape index (κ3) is 4.24. The number of hydrogen-bond acceptors (Lipinski definition) is 2. The number of hydrogen-bond donors (Lipinski definition) is 0. The number of allylic oxidation sites excluding steroid dienone is 2. The Bertz CT molecular complexity index is 509. The van der Waals surface area contributed by atoms with Crippen molar-refractivity contribution in [3.05, 3.63) is 11.8 Å². The van der Waals surface area contributed by atoms with Crippen LogP contribution < -0.4 is 0 Å². The van der Waals surface area contributed by atoms with E-state index in [-0.39, 0.29) is 11.0 Å². The summed E-state index contributed by atoms with van der Waals surface area (Å²) in [6.07, 6.45) is 7.88. The average molecular weight is 367 g/mol. The lowest BCUT2D eigenvalue weighted by molar-refractivity contribution is -0.123. The molecule has 0 amide bonds. The van der Waals surface area contributed by atoms with Crippen molar-refractivity contribution >= 4 is 22.2 Å². The fraction of sp³-hybridized carbons (Fsp3) is 0.850. The molecule has 2 aliphatic carbocycles. The molecule has 3 atom stereocenters. The van der Waals surface area contributed by atoms with Crippen LogP contribution in [0.15, 0.2) is 11.8 Å². The summed E-state index contributed by atoms with van der Waals surface area (Å²) < 4.78 is 6.76. The van der Waals surface area contributed by atoms with E-state index >= 15 is 0 Å². The predicted octanol–water partition coefficient (Wildman–Crippen LogP) is 6.38. The third-order valence-electron chi connectivity index (χ3n) is 6.54. The molecule has 0 unspecified atom stereocenters. The summed E-state index contributed by atoms with van der Waals surface area (Å²) in [5.74, 6) is 2.09. The van der Waals surface area contributed by atoms with Gasteiger partial charge in [0.2, 0.25) is 8.32 Å². The first-order valence-corrected chi connectivity index (χ1v) is 16.2. The van der Waals surface area contributed by atoms with Crippen molar-refractivity contribution in [2.24, 2.45) is 11.8 Å². The molecule has 2 bridgehead atoms. The van der Waals surface area contributed by atoms with Crippen LogP contribution in [0.4, 0.5) is 0 Å². The molecular formula is C20H38O2Si2. The van der Waals surface area contributed by atoms with Gasteiger partial charge in [0.1, 0.15) is 5.78 Å². The molecule has 0 aromatic heterocycles. The van der Waals surface area contributed by atoms with E-state index in [9.17, 15) is 4.79 Å². The molecule has 0 aromatic carbocycles. The zero-order valence-corrected chi connectivity index (χ0v) is 19.2. The lowest BCUT2D eigenvalue weighted by Crippen LogP contribution is -2.42. The van der Waals surface area contributed by atoms with Crippen molar-refractivity contribution in [3.8, 4) is 0 Å². The maximum Gasteiger partial charge on any atom is 0.250 e. The van der Waals surface area contributed by atoms with Crippen LogP contribution in [0.1, 0.15) is 52.9 Å². The second-order valence-electron chi connectivity index (χ2n) is 10.6. The first-order chi connectivity index (χ1) is 10.8. The maximum absolute atomic E-state index is 13.0. The number of Topliss-reactive ketones (excluding diaryl/α,β-unsaturated/α-hetero) is 1. The van der Waals surface area contributed by atoms with Crippen molar-refractivity contribution in [1.82, 2.24) is 0 Å². The van der Waals surface area contributed by atoms with E-state index in [0.717, 1.165) is 18.6 Å². The Labute approximate surface area is 151 Å². The fourth-order valence-electron chi connectivity index (χ4n) is 3.97. The summed E-state index contributed by atoms with van der Waals surface area (Å²) in [5, 5.41) is 0.169. The Hall–Kier alpha value is -0.356.